The maximum absolute atomic E-state index is 11.8. The Morgan fingerprint density at radius 3 is 2.37 bits per heavy atom. The first kappa shape index (κ1) is 14.5. The average Bonchev–Trinajstić information content (AvgIpc) is 2.24. The lowest BCUT2D eigenvalue weighted by Gasteiger charge is -2.24. The first-order valence-corrected chi connectivity index (χ1v) is 10.1. The normalized spacial score (nSPS) is 19.9. The van der Waals surface area contributed by atoms with Crippen LogP contribution in [0.2, 0.25) is 0 Å². The van der Waals surface area contributed by atoms with Gasteiger partial charge < -0.3 is 0 Å². The van der Waals surface area contributed by atoms with Crippen LogP contribution in [-0.2, 0) is 32.5 Å². The number of hydrogen-bond acceptors (Lipinski definition) is 4. The van der Waals surface area contributed by atoms with Crippen molar-refractivity contribution in [3.8, 4) is 0 Å². The molecule has 0 spiro atoms. The minimum Gasteiger partial charge on any atom is -0.228 e. The molecule has 1 aromatic rings. The third-order valence-electron chi connectivity index (χ3n) is 3.33. The van der Waals surface area contributed by atoms with Gasteiger partial charge in [-0.15, -0.1) is 0 Å². The van der Waals surface area contributed by atoms with Crippen molar-refractivity contribution in [2.45, 2.75) is 19.3 Å². The molecule has 1 atom stereocenters. The Labute approximate surface area is 114 Å². The lowest BCUT2D eigenvalue weighted by molar-refractivity contribution is 0.492. The fourth-order valence-corrected chi connectivity index (χ4v) is 6.65. The predicted molar refractivity (Wildman–Crippen MR) is 75.5 cm³/mol. The molecular formula is C13H18O4S2. The zero-order valence-corrected chi connectivity index (χ0v) is 12.5. The fourth-order valence-electron chi connectivity index (χ4n) is 2.65. The molecule has 0 saturated heterocycles. The lowest BCUT2D eigenvalue weighted by atomic mass is 9.85. The minimum atomic E-state index is -3.53. The summed E-state index contributed by atoms with van der Waals surface area (Å²) in [4.78, 5) is 0. The third-order valence-corrected chi connectivity index (χ3v) is 7.46. The van der Waals surface area contributed by atoms with Crippen LogP contribution in [0.1, 0.15) is 17.5 Å². The first-order valence-electron chi connectivity index (χ1n) is 6.20. The lowest BCUT2D eigenvalue weighted by Crippen LogP contribution is -2.26. The van der Waals surface area contributed by atoms with Gasteiger partial charge in [0.25, 0.3) is 0 Å². The first-order chi connectivity index (χ1) is 8.75. The van der Waals surface area contributed by atoms with Gasteiger partial charge in [-0.2, -0.15) is 0 Å². The summed E-state index contributed by atoms with van der Waals surface area (Å²) in [6, 6.07) is 8.02. The number of sulfone groups is 2. The van der Waals surface area contributed by atoms with Crippen molar-refractivity contribution >= 4 is 19.7 Å². The van der Waals surface area contributed by atoms with Crippen LogP contribution in [0.4, 0.5) is 0 Å². The van der Waals surface area contributed by atoms with Crippen LogP contribution in [0, 0.1) is 5.92 Å². The maximum Gasteiger partial charge on any atom is 0.164 e. The van der Waals surface area contributed by atoms with Crippen molar-refractivity contribution < 1.29 is 16.8 Å². The molecule has 0 bridgehead atoms. The van der Waals surface area contributed by atoms with E-state index in [-0.39, 0.29) is 11.7 Å². The Morgan fingerprint density at radius 2 is 1.74 bits per heavy atom. The molecule has 0 aromatic heterocycles. The Balaban J connectivity index is 2.07. The van der Waals surface area contributed by atoms with E-state index in [9.17, 15) is 16.8 Å². The van der Waals surface area contributed by atoms with Gasteiger partial charge in [0.2, 0.25) is 0 Å². The van der Waals surface area contributed by atoms with Gasteiger partial charge in [-0.05, 0) is 36.3 Å². The monoisotopic (exact) mass is 302 g/mol. The molecule has 6 heteroatoms. The molecule has 106 valence electrons. The Kier molecular flexibility index (Phi) is 4.01. The largest absolute Gasteiger partial charge is 0.228 e. The summed E-state index contributed by atoms with van der Waals surface area (Å²) in [5, 5.41) is -0.738. The van der Waals surface area contributed by atoms with Gasteiger partial charge in [0.05, 0.1) is 5.75 Å². The van der Waals surface area contributed by atoms with E-state index in [4.69, 9.17) is 0 Å². The van der Waals surface area contributed by atoms with E-state index in [1.165, 1.54) is 11.1 Å². The number of rotatable bonds is 4. The number of benzene rings is 1. The molecular weight excluding hydrogens is 284 g/mol. The third kappa shape index (κ3) is 4.31. The van der Waals surface area contributed by atoms with Crippen LogP contribution in [0.25, 0.3) is 0 Å². The Bertz CT molecular complexity index is 660. The second kappa shape index (κ2) is 5.25. The van der Waals surface area contributed by atoms with Crippen LogP contribution in [0.5, 0.6) is 0 Å². The molecule has 0 saturated carbocycles. The zero-order valence-electron chi connectivity index (χ0n) is 10.9. The molecule has 0 amide bonds. The molecule has 0 radical (unpaired) electrons. The van der Waals surface area contributed by atoms with Crippen LogP contribution in [0.15, 0.2) is 24.3 Å². The van der Waals surface area contributed by atoms with Crippen LogP contribution in [-0.4, -0.2) is 33.9 Å². The molecule has 0 aliphatic heterocycles. The summed E-state index contributed by atoms with van der Waals surface area (Å²) in [5.74, 6) is -0.00402. The fraction of sp³-hybridized carbons (Fsp3) is 0.538. The molecule has 4 nitrogen and oxygen atoms in total. The average molecular weight is 302 g/mol. The molecule has 1 aliphatic rings. The summed E-state index contributed by atoms with van der Waals surface area (Å²) >= 11 is 0. The summed E-state index contributed by atoms with van der Waals surface area (Å²) in [5.41, 5.74) is 2.47. The summed E-state index contributed by atoms with van der Waals surface area (Å²) in [6.45, 7) is 0. The van der Waals surface area contributed by atoms with Gasteiger partial charge in [-0.3, -0.25) is 0 Å². The SMILES string of the molecule is CS(=O)(=O)CS(=O)(=O)CC1CCc2ccccc2C1. The molecule has 1 aliphatic carbocycles. The van der Waals surface area contributed by atoms with E-state index in [0.29, 0.717) is 0 Å². The molecule has 0 heterocycles. The number of hydrogen-bond donors (Lipinski definition) is 0. The Hall–Kier alpha value is -0.880. The number of fused-ring (bicyclic) bond motifs is 1. The second-order valence-corrected chi connectivity index (χ2v) is 9.95. The van der Waals surface area contributed by atoms with Crippen molar-refractivity contribution in [2.75, 3.05) is 17.1 Å². The molecule has 1 aromatic carbocycles. The van der Waals surface area contributed by atoms with Crippen LogP contribution >= 0.6 is 0 Å². The van der Waals surface area contributed by atoms with Crippen molar-refractivity contribution in [1.29, 1.82) is 0 Å². The van der Waals surface area contributed by atoms with Gasteiger partial charge in [0.15, 0.2) is 24.8 Å². The van der Waals surface area contributed by atoms with E-state index in [0.717, 1.165) is 25.5 Å². The summed E-state index contributed by atoms with van der Waals surface area (Å²) in [7, 11) is -7.01. The van der Waals surface area contributed by atoms with Crippen LogP contribution in [0.3, 0.4) is 0 Å². The zero-order chi connectivity index (χ0) is 14.1. The van der Waals surface area contributed by atoms with E-state index >= 15 is 0 Å². The van der Waals surface area contributed by atoms with Gasteiger partial charge in [0, 0.05) is 6.26 Å². The topological polar surface area (TPSA) is 68.3 Å². The molecule has 0 N–H and O–H groups in total. The quantitative estimate of drug-likeness (QED) is 0.838. The van der Waals surface area contributed by atoms with Crippen molar-refractivity contribution in [2.24, 2.45) is 5.92 Å². The van der Waals surface area contributed by atoms with E-state index < -0.39 is 24.8 Å². The molecule has 0 fully saturated rings. The van der Waals surface area contributed by atoms with Gasteiger partial charge in [-0.25, -0.2) is 16.8 Å². The molecule has 2 rings (SSSR count). The summed E-state index contributed by atoms with van der Waals surface area (Å²) < 4.78 is 45.9. The predicted octanol–water partition coefficient (Wildman–Crippen LogP) is 1.21. The molecule has 1 unspecified atom stereocenters. The smallest absolute Gasteiger partial charge is 0.164 e. The van der Waals surface area contributed by atoms with E-state index in [1.54, 1.807) is 0 Å². The highest BCUT2D eigenvalue weighted by atomic mass is 32.3. The van der Waals surface area contributed by atoms with Crippen molar-refractivity contribution in [3.05, 3.63) is 35.4 Å². The minimum absolute atomic E-state index is 0.0293. The van der Waals surface area contributed by atoms with Gasteiger partial charge in [-0.1, -0.05) is 24.3 Å². The highest BCUT2D eigenvalue weighted by Gasteiger charge is 2.26. The van der Waals surface area contributed by atoms with E-state index in [2.05, 4.69) is 6.07 Å². The standard InChI is InChI=1S/C13H18O4S2/c1-18(14,15)10-19(16,17)9-11-6-7-12-4-2-3-5-13(12)8-11/h2-5,11H,6-10H2,1H3. The summed E-state index contributed by atoms with van der Waals surface area (Å²) in [6.07, 6.45) is 3.36. The molecule has 19 heavy (non-hydrogen) atoms. The highest BCUT2D eigenvalue weighted by molar-refractivity contribution is 8.07. The van der Waals surface area contributed by atoms with Gasteiger partial charge in [0.1, 0.15) is 0 Å². The highest BCUT2D eigenvalue weighted by Crippen LogP contribution is 2.26. The van der Waals surface area contributed by atoms with Gasteiger partial charge >= 0.3 is 0 Å². The second-order valence-electron chi connectivity index (χ2n) is 5.33. The van der Waals surface area contributed by atoms with Crippen molar-refractivity contribution in [3.63, 3.8) is 0 Å². The van der Waals surface area contributed by atoms with E-state index in [1.807, 2.05) is 18.2 Å². The maximum atomic E-state index is 11.8. The van der Waals surface area contributed by atoms with Crippen LogP contribution < -0.4 is 0 Å². The Morgan fingerprint density at radius 1 is 1.11 bits per heavy atom. The number of aryl methyl sites for hydroxylation is 1. The van der Waals surface area contributed by atoms with Crippen molar-refractivity contribution in [1.82, 2.24) is 0 Å².